The van der Waals surface area contributed by atoms with Gasteiger partial charge in [0.1, 0.15) is 17.3 Å². The van der Waals surface area contributed by atoms with Crippen LogP contribution < -0.4 is 9.47 Å². The van der Waals surface area contributed by atoms with Crippen molar-refractivity contribution in [3.63, 3.8) is 0 Å². The van der Waals surface area contributed by atoms with Gasteiger partial charge in [-0.05, 0) is 128 Å². The Morgan fingerprint density at radius 2 is 1.07 bits per heavy atom. The number of rotatable bonds is 34. The van der Waals surface area contributed by atoms with Gasteiger partial charge in [-0.3, -0.25) is 4.79 Å². The van der Waals surface area contributed by atoms with Gasteiger partial charge >= 0.3 is 0 Å². The summed E-state index contributed by atoms with van der Waals surface area (Å²) < 4.78 is 74.5. The van der Waals surface area contributed by atoms with Gasteiger partial charge in [0.15, 0.2) is 36.5 Å². The monoisotopic (exact) mass is 1330 g/mol. The predicted molar refractivity (Wildman–Crippen MR) is 383 cm³/mol. The zero-order chi connectivity index (χ0) is 69.1. The van der Waals surface area contributed by atoms with Crippen molar-refractivity contribution >= 4 is 36.8 Å². The van der Waals surface area contributed by atoms with E-state index in [4.69, 9.17) is 51.2 Å². The number of carbonyl (C=O) groups is 1. The Bertz CT molecular complexity index is 2680. The van der Waals surface area contributed by atoms with Crippen molar-refractivity contribution in [2.24, 2.45) is 29.6 Å². The van der Waals surface area contributed by atoms with Gasteiger partial charge in [0.25, 0.3) is 0 Å². The van der Waals surface area contributed by atoms with Gasteiger partial charge in [0.05, 0.1) is 89.0 Å². The van der Waals surface area contributed by atoms with Crippen molar-refractivity contribution in [2.45, 2.75) is 304 Å². The van der Waals surface area contributed by atoms with Crippen LogP contribution in [0.5, 0.6) is 11.5 Å². The molecule has 0 amide bonds. The Kier molecular flexibility index (Phi) is 28.9. The van der Waals surface area contributed by atoms with Crippen LogP contribution in [0.25, 0.3) is 6.08 Å². The number of hydrogen-bond acceptors (Lipinski definition) is 13. The molecule has 0 unspecified atom stereocenters. The Labute approximate surface area is 562 Å². The van der Waals surface area contributed by atoms with Gasteiger partial charge < -0.3 is 56.3 Å². The van der Waals surface area contributed by atoms with Crippen LogP contribution in [-0.2, 0) is 59.7 Å². The van der Waals surface area contributed by atoms with Crippen molar-refractivity contribution in [3.05, 3.63) is 102 Å². The second kappa shape index (κ2) is 33.4. The molecule has 16 heteroatoms. The number of carbonyl (C=O) groups excluding carboxylic acids is 1. The van der Waals surface area contributed by atoms with E-state index in [1.54, 1.807) is 14.2 Å². The summed E-state index contributed by atoms with van der Waals surface area (Å²) in [6, 6.07) is 26.3. The zero-order valence-electron chi connectivity index (χ0n) is 62.3. The fourth-order valence-corrected chi connectivity index (χ4v) is 22.0. The molecule has 522 valence electrons. The summed E-state index contributed by atoms with van der Waals surface area (Å²) in [5.41, 5.74) is 4.41. The van der Waals surface area contributed by atoms with Crippen LogP contribution in [-0.4, -0.2) is 123 Å². The highest BCUT2D eigenvalue weighted by Gasteiger charge is 2.52. The number of Topliss-reactive ketones (excluding diaryl/α,β-unsaturated/α-hetero) is 1. The molecule has 2 saturated heterocycles. The molecule has 0 bridgehead atoms. The fraction of sp³-hybridized carbons (Fsp3) is 0.724. The average Bonchev–Trinajstić information content (AvgIpc) is 0.804. The second-order valence-electron chi connectivity index (χ2n) is 32.2. The summed E-state index contributed by atoms with van der Waals surface area (Å²) in [5.74, 6) is -2.03. The molecule has 0 radical (unpaired) electrons. The molecule has 0 aliphatic carbocycles. The largest absolute Gasteiger partial charge is 0.497 e. The van der Waals surface area contributed by atoms with Crippen molar-refractivity contribution < 1.29 is 61.1 Å². The van der Waals surface area contributed by atoms with E-state index in [1.165, 1.54) is 0 Å². The van der Waals surface area contributed by atoms with E-state index in [0.29, 0.717) is 55.7 Å². The molecule has 13 nitrogen and oxygen atoms in total. The van der Waals surface area contributed by atoms with Crippen molar-refractivity contribution in [2.75, 3.05) is 20.8 Å². The maximum atomic E-state index is 15.4. The smallest absolute Gasteiger partial charge is 0.200 e. The SMILES string of the molecule is COc1ccc(CO[C@H](CO[Si](C(C)C)(C(C)C)C(C)C)C[C@H]2C[C@H](C[C@@H](O[Si](C)(C)C(C)(C)C)[C@H](C)[C@@H](O)[C@H](C)C(=O)C[C@@H](O[Si](C)(C)C(C)(C)C)[C@H](C)[C@H]3OC(C)(C)O[C@@H]([C@H](C)[C@@H](/C=C/c4ccccc4)OCc4ccc(OC)cc4)[C@@H]3C)OC(C)(C)O2)cc1. The first-order valence-electron chi connectivity index (χ1n) is 34.7. The maximum Gasteiger partial charge on any atom is 0.200 e. The summed E-state index contributed by atoms with van der Waals surface area (Å²) in [5, 5.41) is 12.6. The first-order valence-corrected chi connectivity index (χ1v) is 42.7. The number of methoxy groups -OCH3 is 2. The molecule has 14 atom stereocenters. The topological polar surface area (TPSA) is 139 Å². The van der Waals surface area contributed by atoms with E-state index >= 15 is 4.79 Å². The number of hydrogen-bond donors (Lipinski definition) is 1. The highest BCUT2D eigenvalue weighted by atomic mass is 28.4. The summed E-state index contributed by atoms with van der Waals surface area (Å²) in [7, 11) is -3.89. The number of ketones is 1. The predicted octanol–water partition coefficient (Wildman–Crippen LogP) is 18.6. The van der Waals surface area contributed by atoms with Crippen LogP contribution in [0.2, 0.25) is 52.9 Å². The lowest BCUT2D eigenvalue weighted by molar-refractivity contribution is -0.340. The van der Waals surface area contributed by atoms with E-state index in [1.807, 2.05) is 89.2 Å². The molecule has 0 aromatic heterocycles. The van der Waals surface area contributed by atoms with Crippen molar-refractivity contribution in [1.82, 2.24) is 0 Å². The molecular formula is C76H128O13Si3. The molecule has 0 spiro atoms. The van der Waals surface area contributed by atoms with Crippen LogP contribution in [0.1, 0.15) is 188 Å². The fourth-order valence-electron chi connectivity index (χ4n) is 13.7. The van der Waals surface area contributed by atoms with Gasteiger partial charge in [-0.15, -0.1) is 0 Å². The summed E-state index contributed by atoms with van der Waals surface area (Å²) >= 11 is 0. The van der Waals surface area contributed by atoms with E-state index in [9.17, 15) is 5.11 Å². The van der Waals surface area contributed by atoms with Crippen LogP contribution in [0.3, 0.4) is 0 Å². The zero-order valence-corrected chi connectivity index (χ0v) is 65.3. The quantitative estimate of drug-likeness (QED) is 0.0568. The van der Waals surface area contributed by atoms with E-state index < -0.39 is 66.7 Å². The third kappa shape index (κ3) is 21.7. The normalized spacial score (nSPS) is 23.2. The van der Waals surface area contributed by atoms with Gasteiger partial charge in [-0.25, -0.2) is 0 Å². The van der Waals surface area contributed by atoms with Crippen LogP contribution >= 0.6 is 0 Å². The summed E-state index contributed by atoms with van der Waals surface area (Å²) in [6.07, 6.45) is 2.35. The third-order valence-corrected chi connectivity index (χ3v) is 36.4. The Balaban J connectivity index is 1.43. The molecule has 92 heavy (non-hydrogen) atoms. The molecule has 2 heterocycles. The number of aliphatic hydroxyl groups excluding tert-OH is 1. The number of aliphatic hydroxyl groups is 1. The Hall–Kier alpha value is -3.08. The highest BCUT2D eigenvalue weighted by Crippen LogP contribution is 2.47. The molecule has 3 aromatic rings. The highest BCUT2D eigenvalue weighted by molar-refractivity contribution is 6.77. The minimum absolute atomic E-state index is 0.0567. The van der Waals surface area contributed by atoms with E-state index in [0.717, 1.165) is 28.2 Å². The molecule has 1 N–H and O–H groups in total. The maximum absolute atomic E-state index is 15.4. The summed E-state index contributed by atoms with van der Waals surface area (Å²) in [6.45, 7) is 56.1. The first kappa shape index (κ1) is 79.6. The number of benzene rings is 3. The number of ether oxygens (including phenoxy) is 8. The third-order valence-electron chi connectivity index (χ3n) is 21.3. The van der Waals surface area contributed by atoms with Gasteiger partial charge in [0.2, 0.25) is 0 Å². The van der Waals surface area contributed by atoms with Gasteiger partial charge in [-0.1, -0.05) is 184 Å². The minimum Gasteiger partial charge on any atom is -0.497 e. The molecule has 0 saturated carbocycles. The van der Waals surface area contributed by atoms with Crippen LogP contribution in [0.4, 0.5) is 0 Å². The van der Waals surface area contributed by atoms with Crippen molar-refractivity contribution in [3.8, 4) is 11.5 Å². The molecular weight excluding hydrogens is 1210 g/mol. The Morgan fingerprint density at radius 1 is 0.620 bits per heavy atom. The van der Waals surface area contributed by atoms with E-state index in [-0.39, 0.29) is 76.7 Å². The lowest BCUT2D eigenvalue weighted by Gasteiger charge is -2.51. The molecule has 2 fully saturated rings. The summed E-state index contributed by atoms with van der Waals surface area (Å²) in [4.78, 5) is 15.4. The molecule has 2 aliphatic heterocycles. The standard InChI is InChI=1S/C76H128O13Si3/c1-50(2)92(51(3)4,52(5)6)83-49-65(81-47-59-33-38-61(79-22)39-34-59)44-63-43-64(85-75(18,19)84-63)45-68(88-90(24,25)73(12,13)14)54(8)70(78)53(7)66(77)46-69(89-91(26,27)74(15,16)17)56(10)72-57(11)71(86-76(20,21)87-72)55(9)67(42-37-58-31-29-28-30-32-58)82-48-60-35-40-62(80-23)41-36-60/h28-42,50-57,63-65,67-72,78H,43-49H2,1-27H3/b42-37+/t53-,54+,55-,56+,57+,63-,64-,65+,67-,68-,69-,70+,71+,72-/m1/s1. The van der Waals surface area contributed by atoms with E-state index in [2.05, 4.69) is 173 Å². The Morgan fingerprint density at radius 3 is 1.53 bits per heavy atom. The van der Waals surface area contributed by atoms with Crippen LogP contribution in [0.15, 0.2) is 84.9 Å². The molecule has 2 aliphatic rings. The van der Waals surface area contributed by atoms with Gasteiger partial charge in [0, 0.05) is 48.9 Å². The lowest BCUT2D eigenvalue weighted by Crippen LogP contribution is -2.58. The van der Waals surface area contributed by atoms with Crippen molar-refractivity contribution in [1.29, 1.82) is 0 Å². The van der Waals surface area contributed by atoms with Gasteiger partial charge in [-0.2, -0.15) is 0 Å². The lowest BCUT2D eigenvalue weighted by atomic mass is 9.77. The molecule has 5 rings (SSSR count). The molecule has 3 aromatic carbocycles. The minimum atomic E-state index is -2.51. The second-order valence-corrected chi connectivity index (χ2v) is 47.1. The first-order chi connectivity index (χ1) is 42.6. The van der Waals surface area contributed by atoms with Crippen LogP contribution in [0, 0.1) is 29.6 Å². The average molecular weight is 1330 g/mol.